The van der Waals surface area contributed by atoms with Gasteiger partial charge in [0.15, 0.2) is 0 Å². The van der Waals surface area contributed by atoms with Crippen molar-refractivity contribution in [2.45, 2.75) is 25.0 Å². The van der Waals surface area contributed by atoms with Gasteiger partial charge in [0.05, 0.1) is 19.6 Å². The van der Waals surface area contributed by atoms with Gasteiger partial charge >= 0.3 is 5.97 Å². The van der Waals surface area contributed by atoms with Gasteiger partial charge in [-0.3, -0.25) is 4.79 Å². The minimum absolute atomic E-state index is 0.168. The maximum atomic E-state index is 12.2. The van der Waals surface area contributed by atoms with Crippen LogP contribution in [0.3, 0.4) is 0 Å². The number of ether oxygens (including phenoxy) is 1. The second-order valence-electron chi connectivity index (χ2n) is 4.64. The van der Waals surface area contributed by atoms with Gasteiger partial charge in [0.25, 0.3) is 0 Å². The van der Waals surface area contributed by atoms with Crippen molar-refractivity contribution < 1.29 is 19.4 Å². The van der Waals surface area contributed by atoms with Gasteiger partial charge in [-0.15, -0.1) is 0 Å². The first kappa shape index (κ1) is 13.5. The lowest BCUT2D eigenvalue weighted by Crippen LogP contribution is -2.42. The lowest BCUT2D eigenvalue weighted by molar-refractivity contribution is -0.150. The van der Waals surface area contributed by atoms with Crippen LogP contribution in [0.15, 0.2) is 30.3 Å². The first-order valence-electron chi connectivity index (χ1n) is 6.21. The highest BCUT2D eigenvalue weighted by atomic mass is 16.5. The number of β-amino-alcohol motifs (C(OH)–C–C–N with tert-alkyl or cyclic N) is 1. The van der Waals surface area contributed by atoms with Gasteiger partial charge in [0.1, 0.15) is 6.04 Å². The number of rotatable bonds is 3. The molecule has 102 valence electrons. The van der Waals surface area contributed by atoms with E-state index >= 15 is 0 Å². The average molecular weight is 263 g/mol. The average Bonchev–Trinajstić information content (AvgIpc) is 2.81. The van der Waals surface area contributed by atoms with E-state index in [0.29, 0.717) is 0 Å². The Hall–Kier alpha value is -1.88. The number of carbonyl (C=O) groups excluding carboxylic acids is 2. The molecular formula is C14H17NO4. The zero-order valence-corrected chi connectivity index (χ0v) is 10.8. The van der Waals surface area contributed by atoms with E-state index in [-0.39, 0.29) is 25.3 Å². The van der Waals surface area contributed by atoms with Crippen molar-refractivity contribution in [3.05, 3.63) is 35.9 Å². The van der Waals surface area contributed by atoms with Crippen molar-refractivity contribution >= 4 is 11.9 Å². The minimum atomic E-state index is -0.670. The molecule has 1 fully saturated rings. The molecule has 5 heteroatoms. The molecule has 1 amide bonds. The number of carbonyl (C=O) groups is 2. The highest BCUT2D eigenvalue weighted by molar-refractivity contribution is 5.86. The fourth-order valence-corrected chi connectivity index (χ4v) is 2.32. The summed E-state index contributed by atoms with van der Waals surface area (Å²) < 4.78 is 4.67. The summed E-state index contributed by atoms with van der Waals surface area (Å²) in [7, 11) is 1.28. The zero-order valence-electron chi connectivity index (χ0n) is 10.8. The molecule has 0 radical (unpaired) electrons. The van der Waals surface area contributed by atoms with Crippen molar-refractivity contribution in [1.29, 1.82) is 0 Å². The van der Waals surface area contributed by atoms with E-state index in [4.69, 9.17) is 0 Å². The molecule has 5 nitrogen and oxygen atoms in total. The molecule has 19 heavy (non-hydrogen) atoms. The molecule has 2 unspecified atom stereocenters. The van der Waals surface area contributed by atoms with Gasteiger partial charge in [-0.1, -0.05) is 30.3 Å². The lowest BCUT2D eigenvalue weighted by atomic mass is 10.1. The molecule has 1 heterocycles. The highest BCUT2D eigenvalue weighted by Gasteiger charge is 2.39. The largest absolute Gasteiger partial charge is 0.467 e. The Morgan fingerprint density at radius 3 is 2.68 bits per heavy atom. The molecule has 0 aliphatic carbocycles. The smallest absolute Gasteiger partial charge is 0.328 e. The molecule has 0 spiro atoms. The van der Waals surface area contributed by atoms with Crippen LogP contribution in [-0.2, 0) is 20.7 Å². The van der Waals surface area contributed by atoms with E-state index in [9.17, 15) is 14.7 Å². The molecule has 1 aliphatic rings. The van der Waals surface area contributed by atoms with Crippen LogP contribution in [0.5, 0.6) is 0 Å². The van der Waals surface area contributed by atoms with Crippen LogP contribution in [0.25, 0.3) is 0 Å². The molecule has 2 rings (SSSR count). The Morgan fingerprint density at radius 1 is 1.37 bits per heavy atom. The topological polar surface area (TPSA) is 66.8 Å². The van der Waals surface area contributed by atoms with Crippen LogP contribution in [0, 0.1) is 0 Å². The number of likely N-dealkylation sites (tertiary alicyclic amines) is 1. The molecule has 2 atom stereocenters. The fraction of sp³-hybridized carbons (Fsp3) is 0.429. The third kappa shape index (κ3) is 3.12. The van der Waals surface area contributed by atoms with Crippen LogP contribution in [0.4, 0.5) is 0 Å². The number of hydrogen-bond donors (Lipinski definition) is 1. The summed E-state index contributed by atoms with van der Waals surface area (Å²) in [5.41, 5.74) is 0.887. The molecule has 1 saturated heterocycles. The summed E-state index contributed by atoms with van der Waals surface area (Å²) in [6, 6.07) is 8.65. The van der Waals surface area contributed by atoms with Gasteiger partial charge in [0, 0.05) is 13.0 Å². The number of esters is 1. The van der Waals surface area contributed by atoms with Crippen LogP contribution in [-0.4, -0.2) is 47.7 Å². The maximum absolute atomic E-state index is 12.2. The van der Waals surface area contributed by atoms with Crippen LogP contribution < -0.4 is 0 Å². The number of aliphatic hydroxyl groups excluding tert-OH is 1. The minimum Gasteiger partial charge on any atom is -0.467 e. The molecule has 1 aliphatic heterocycles. The van der Waals surface area contributed by atoms with Gasteiger partial charge in [-0.2, -0.15) is 0 Å². The third-order valence-corrected chi connectivity index (χ3v) is 3.27. The van der Waals surface area contributed by atoms with E-state index < -0.39 is 18.1 Å². The summed E-state index contributed by atoms with van der Waals surface area (Å²) in [5, 5.41) is 9.63. The summed E-state index contributed by atoms with van der Waals surface area (Å²) in [6.45, 7) is 0.186. The summed E-state index contributed by atoms with van der Waals surface area (Å²) in [4.78, 5) is 25.2. The standard InChI is InChI=1S/C14H17NO4/c1-19-14(18)12-8-11(16)9-15(12)13(17)7-10-5-3-2-4-6-10/h2-6,11-12,16H,7-9H2,1H3. The van der Waals surface area contributed by atoms with E-state index in [0.717, 1.165) is 5.56 Å². The van der Waals surface area contributed by atoms with Crippen LogP contribution >= 0.6 is 0 Å². The van der Waals surface area contributed by atoms with Gasteiger partial charge in [-0.25, -0.2) is 4.79 Å². The molecule has 0 aromatic heterocycles. The van der Waals surface area contributed by atoms with Gasteiger partial charge < -0.3 is 14.7 Å². The normalized spacial score (nSPS) is 22.3. The number of aliphatic hydroxyl groups is 1. The van der Waals surface area contributed by atoms with Crippen LogP contribution in [0.1, 0.15) is 12.0 Å². The lowest BCUT2D eigenvalue weighted by Gasteiger charge is -2.22. The predicted octanol–water partition coefficient (Wildman–Crippen LogP) is 0.364. The molecule has 1 aromatic rings. The SMILES string of the molecule is COC(=O)C1CC(O)CN1C(=O)Cc1ccccc1. The van der Waals surface area contributed by atoms with Gasteiger partial charge in [0.2, 0.25) is 5.91 Å². The third-order valence-electron chi connectivity index (χ3n) is 3.27. The molecule has 1 aromatic carbocycles. The Bertz CT molecular complexity index is 460. The van der Waals surface area contributed by atoms with Crippen molar-refractivity contribution in [3.8, 4) is 0 Å². The van der Waals surface area contributed by atoms with Crippen molar-refractivity contribution in [2.24, 2.45) is 0 Å². The first-order valence-corrected chi connectivity index (χ1v) is 6.21. The Labute approximate surface area is 111 Å². The van der Waals surface area contributed by atoms with E-state index in [1.54, 1.807) is 0 Å². The van der Waals surface area contributed by atoms with Crippen molar-refractivity contribution in [2.75, 3.05) is 13.7 Å². The van der Waals surface area contributed by atoms with E-state index in [2.05, 4.69) is 4.74 Å². The monoisotopic (exact) mass is 263 g/mol. The molecular weight excluding hydrogens is 246 g/mol. The van der Waals surface area contributed by atoms with E-state index in [1.165, 1.54) is 12.0 Å². The zero-order chi connectivity index (χ0) is 13.8. The summed E-state index contributed by atoms with van der Waals surface area (Å²) in [6.07, 6.45) is -0.197. The highest BCUT2D eigenvalue weighted by Crippen LogP contribution is 2.20. The number of methoxy groups -OCH3 is 1. The van der Waals surface area contributed by atoms with Crippen LogP contribution in [0.2, 0.25) is 0 Å². The Kier molecular flexibility index (Phi) is 4.16. The van der Waals surface area contributed by atoms with Crippen molar-refractivity contribution in [3.63, 3.8) is 0 Å². The number of benzene rings is 1. The van der Waals surface area contributed by atoms with Gasteiger partial charge in [-0.05, 0) is 5.56 Å². The quantitative estimate of drug-likeness (QED) is 0.800. The number of amides is 1. The predicted molar refractivity (Wildman–Crippen MR) is 68.3 cm³/mol. The van der Waals surface area contributed by atoms with Crippen molar-refractivity contribution in [1.82, 2.24) is 4.90 Å². The second kappa shape index (κ2) is 5.84. The molecule has 0 saturated carbocycles. The Morgan fingerprint density at radius 2 is 2.05 bits per heavy atom. The number of hydrogen-bond acceptors (Lipinski definition) is 4. The summed E-state index contributed by atoms with van der Waals surface area (Å²) in [5.74, 6) is -0.642. The fourth-order valence-electron chi connectivity index (χ4n) is 2.32. The Balaban J connectivity index is 2.07. The molecule has 1 N–H and O–H groups in total. The molecule has 0 bridgehead atoms. The summed E-state index contributed by atoms with van der Waals surface area (Å²) >= 11 is 0. The number of nitrogens with zero attached hydrogens (tertiary/aromatic N) is 1. The maximum Gasteiger partial charge on any atom is 0.328 e. The second-order valence-corrected chi connectivity index (χ2v) is 4.64. The first-order chi connectivity index (χ1) is 9.11. The van der Waals surface area contributed by atoms with E-state index in [1.807, 2.05) is 30.3 Å².